The molecule has 0 saturated carbocycles. The van der Waals surface area contributed by atoms with Crippen LogP contribution in [0, 0.1) is 0 Å². The second-order valence-electron chi connectivity index (χ2n) is 7.13. The highest BCUT2D eigenvalue weighted by Gasteiger charge is 2.29. The van der Waals surface area contributed by atoms with Crippen molar-refractivity contribution in [2.75, 3.05) is 18.4 Å². The van der Waals surface area contributed by atoms with E-state index in [1.807, 2.05) is 29.2 Å². The van der Waals surface area contributed by atoms with Gasteiger partial charge in [0, 0.05) is 19.0 Å². The molecule has 1 saturated heterocycles. The molecule has 3 aromatic carbocycles. The van der Waals surface area contributed by atoms with E-state index in [0.717, 1.165) is 6.42 Å². The maximum Gasteiger partial charge on any atom is 0.257 e. The molecule has 1 aliphatic rings. The molecule has 4 rings (SSSR count). The number of hydrogen-bond acceptors (Lipinski definition) is 2. The van der Waals surface area contributed by atoms with Crippen LogP contribution >= 0.6 is 11.6 Å². The number of hydrogen-bond donors (Lipinski definition) is 1. The Kier molecular flexibility index (Phi) is 5.63. The fourth-order valence-corrected chi connectivity index (χ4v) is 3.95. The number of carbonyl (C=O) groups is 2. The highest BCUT2D eigenvalue weighted by atomic mass is 35.5. The molecule has 1 unspecified atom stereocenters. The molecular formula is C24H21ClN2O2. The lowest BCUT2D eigenvalue weighted by molar-refractivity contribution is 0.0792. The van der Waals surface area contributed by atoms with Crippen molar-refractivity contribution in [2.24, 2.45) is 0 Å². The molecular weight excluding hydrogens is 384 g/mol. The zero-order valence-electron chi connectivity index (χ0n) is 15.8. The van der Waals surface area contributed by atoms with Gasteiger partial charge in [0.05, 0.1) is 21.8 Å². The summed E-state index contributed by atoms with van der Waals surface area (Å²) in [6.07, 6.45) is 0.934. The van der Waals surface area contributed by atoms with Gasteiger partial charge in [0.15, 0.2) is 0 Å². The topological polar surface area (TPSA) is 49.4 Å². The van der Waals surface area contributed by atoms with Crippen molar-refractivity contribution in [3.63, 3.8) is 0 Å². The first kappa shape index (κ1) is 19.2. The van der Waals surface area contributed by atoms with Gasteiger partial charge < -0.3 is 10.2 Å². The van der Waals surface area contributed by atoms with Gasteiger partial charge in [-0.05, 0) is 36.2 Å². The highest BCUT2D eigenvalue weighted by molar-refractivity contribution is 6.34. The fourth-order valence-electron chi connectivity index (χ4n) is 3.73. The number of carbonyl (C=O) groups excluding carboxylic acids is 2. The average Bonchev–Trinajstić information content (AvgIpc) is 3.25. The summed E-state index contributed by atoms with van der Waals surface area (Å²) in [4.78, 5) is 27.7. The van der Waals surface area contributed by atoms with Gasteiger partial charge in [-0.2, -0.15) is 0 Å². The quantitative estimate of drug-likeness (QED) is 0.647. The van der Waals surface area contributed by atoms with Gasteiger partial charge in [-0.3, -0.25) is 9.59 Å². The second kappa shape index (κ2) is 8.50. The molecule has 1 fully saturated rings. The van der Waals surface area contributed by atoms with E-state index in [4.69, 9.17) is 11.6 Å². The first-order valence-corrected chi connectivity index (χ1v) is 10.0. The molecule has 146 valence electrons. The van der Waals surface area contributed by atoms with E-state index in [0.29, 0.717) is 40.8 Å². The summed E-state index contributed by atoms with van der Waals surface area (Å²) in [6.45, 7) is 1.38. The second-order valence-corrected chi connectivity index (χ2v) is 7.53. The van der Waals surface area contributed by atoms with Crippen molar-refractivity contribution in [1.82, 2.24) is 4.90 Å². The summed E-state index contributed by atoms with van der Waals surface area (Å²) < 4.78 is 0. The van der Waals surface area contributed by atoms with E-state index in [2.05, 4.69) is 17.4 Å². The maximum atomic E-state index is 13.2. The van der Waals surface area contributed by atoms with Gasteiger partial charge in [-0.1, -0.05) is 66.2 Å². The summed E-state index contributed by atoms with van der Waals surface area (Å²) in [5.41, 5.74) is 2.61. The summed E-state index contributed by atoms with van der Waals surface area (Å²) in [5, 5.41) is 3.22. The van der Waals surface area contributed by atoms with Crippen molar-refractivity contribution < 1.29 is 9.59 Å². The van der Waals surface area contributed by atoms with E-state index >= 15 is 0 Å². The van der Waals surface area contributed by atoms with Crippen molar-refractivity contribution >= 4 is 29.1 Å². The predicted molar refractivity (Wildman–Crippen MR) is 116 cm³/mol. The molecule has 4 nitrogen and oxygen atoms in total. The average molecular weight is 405 g/mol. The number of nitrogens with one attached hydrogen (secondary N) is 1. The Hall–Kier alpha value is -3.11. The Labute approximate surface area is 175 Å². The molecule has 3 aromatic rings. The smallest absolute Gasteiger partial charge is 0.257 e. The molecule has 29 heavy (non-hydrogen) atoms. The first-order valence-electron chi connectivity index (χ1n) is 9.62. The zero-order valence-corrected chi connectivity index (χ0v) is 16.6. The molecule has 0 aromatic heterocycles. The van der Waals surface area contributed by atoms with Crippen LogP contribution in [0.1, 0.15) is 38.6 Å². The lowest BCUT2D eigenvalue weighted by atomic mass is 9.99. The lowest BCUT2D eigenvalue weighted by Gasteiger charge is -2.19. The molecule has 1 heterocycles. The van der Waals surface area contributed by atoms with Crippen LogP contribution in [-0.2, 0) is 0 Å². The van der Waals surface area contributed by atoms with Crippen LogP contribution in [0.2, 0.25) is 5.02 Å². The zero-order chi connectivity index (χ0) is 20.2. The standard InChI is InChI=1S/C24H21ClN2O2/c25-21-12-6-4-10-19(21)23(28)26-22-13-7-5-11-20(22)24(29)27-15-14-18(16-27)17-8-2-1-3-9-17/h1-13,18H,14-16H2,(H,26,28). The van der Waals surface area contributed by atoms with Crippen LogP contribution in [0.5, 0.6) is 0 Å². The third kappa shape index (κ3) is 4.17. The Morgan fingerprint density at radius 1 is 0.862 bits per heavy atom. The minimum Gasteiger partial charge on any atom is -0.338 e. The van der Waals surface area contributed by atoms with Crippen molar-refractivity contribution in [2.45, 2.75) is 12.3 Å². The molecule has 1 N–H and O–H groups in total. The number of para-hydroxylation sites is 1. The van der Waals surface area contributed by atoms with E-state index < -0.39 is 0 Å². The fraction of sp³-hybridized carbons (Fsp3) is 0.167. The Bertz CT molecular complexity index is 1040. The van der Waals surface area contributed by atoms with Crippen LogP contribution in [0.25, 0.3) is 0 Å². The van der Waals surface area contributed by atoms with Gasteiger partial charge in [0.1, 0.15) is 0 Å². The number of benzene rings is 3. The number of amides is 2. The summed E-state index contributed by atoms with van der Waals surface area (Å²) >= 11 is 6.13. The van der Waals surface area contributed by atoms with Crippen molar-refractivity contribution in [1.29, 1.82) is 0 Å². The molecule has 1 atom stereocenters. The SMILES string of the molecule is O=C(Nc1ccccc1C(=O)N1CCC(c2ccccc2)C1)c1ccccc1Cl. The van der Waals surface area contributed by atoms with Crippen molar-refractivity contribution in [3.8, 4) is 0 Å². The van der Waals surface area contributed by atoms with Gasteiger partial charge in [0.2, 0.25) is 0 Å². The molecule has 2 amide bonds. The lowest BCUT2D eigenvalue weighted by Crippen LogP contribution is -2.29. The van der Waals surface area contributed by atoms with Crippen LogP contribution in [0.4, 0.5) is 5.69 Å². The van der Waals surface area contributed by atoms with E-state index in [1.54, 1.807) is 42.5 Å². The predicted octanol–water partition coefficient (Wildman–Crippen LogP) is 5.22. The number of anilines is 1. The summed E-state index contributed by atoms with van der Waals surface area (Å²) in [7, 11) is 0. The molecule has 5 heteroatoms. The summed E-state index contributed by atoms with van der Waals surface area (Å²) in [5.74, 6) is -0.0667. The number of nitrogens with zero attached hydrogens (tertiary/aromatic N) is 1. The molecule has 0 spiro atoms. The van der Waals surface area contributed by atoms with E-state index in [1.165, 1.54) is 5.56 Å². The number of rotatable bonds is 4. The molecule has 1 aliphatic heterocycles. The van der Waals surface area contributed by atoms with Gasteiger partial charge in [-0.25, -0.2) is 0 Å². The number of halogens is 1. The molecule has 0 aliphatic carbocycles. The Morgan fingerprint density at radius 2 is 1.52 bits per heavy atom. The summed E-state index contributed by atoms with van der Waals surface area (Å²) in [6, 6.07) is 24.2. The third-order valence-corrected chi connectivity index (χ3v) is 5.60. The van der Waals surface area contributed by atoms with Crippen molar-refractivity contribution in [3.05, 3.63) is 101 Å². The van der Waals surface area contributed by atoms with E-state index in [-0.39, 0.29) is 11.8 Å². The van der Waals surface area contributed by atoms with Crippen LogP contribution in [0.3, 0.4) is 0 Å². The minimum absolute atomic E-state index is 0.0708. The van der Waals surface area contributed by atoms with E-state index in [9.17, 15) is 9.59 Å². The number of likely N-dealkylation sites (tertiary alicyclic amines) is 1. The highest BCUT2D eigenvalue weighted by Crippen LogP contribution is 2.29. The molecule has 0 bridgehead atoms. The minimum atomic E-state index is -0.334. The largest absolute Gasteiger partial charge is 0.338 e. The monoisotopic (exact) mass is 404 g/mol. The Balaban J connectivity index is 1.52. The van der Waals surface area contributed by atoms with Crippen LogP contribution < -0.4 is 5.32 Å². The van der Waals surface area contributed by atoms with Gasteiger partial charge >= 0.3 is 0 Å². The molecule has 0 radical (unpaired) electrons. The van der Waals surface area contributed by atoms with Crippen LogP contribution in [0.15, 0.2) is 78.9 Å². The van der Waals surface area contributed by atoms with Gasteiger partial charge in [0.25, 0.3) is 11.8 Å². The van der Waals surface area contributed by atoms with Crippen LogP contribution in [-0.4, -0.2) is 29.8 Å². The normalized spacial score (nSPS) is 15.9. The third-order valence-electron chi connectivity index (χ3n) is 5.27. The maximum absolute atomic E-state index is 13.2. The van der Waals surface area contributed by atoms with Gasteiger partial charge in [-0.15, -0.1) is 0 Å². The Morgan fingerprint density at radius 3 is 2.28 bits per heavy atom. The first-order chi connectivity index (χ1) is 14.1.